The summed E-state index contributed by atoms with van der Waals surface area (Å²) in [4.78, 5) is 10.9. The van der Waals surface area contributed by atoms with Gasteiger partial charge in [-0.3, -0.25) is 4.79 Å². The lowest BCUT2D eigenvalue weighted by molar-refractivity contribution is -0.114. The van der Waals surface area contributed by atoms with E-state index in [1.165, 1.54) is 6.92 Å². The Morgan fingerprint density at radius 3 is 2.83 bits per heavy atom. The SMILES string of the molecule is CCOc1cccc(CNS(=O)(=O)c2nnc(NC(C)=O)s2)c1. The predicted molar refractivity (Wildman–Crippen MR) is 85.8 cm³/mol. The Labute approximate surface area is 137 Å². The molecule has 0 bridgehead atoms. The van der Waals surface area contributed by atoms with Crippen LogP contribution < -0.4 is 14.8 Å². The highest BCUT2D eigenvalue weighted by atomic mass is 32.2. The van der Waals surface area contributed by atoms with E-state index < -0.39 is 10.0 Å². The van der Waals surface area contributed by atoms with Gasteiger partial charge in [-0.05, 0) is 24.6 Å². The third-order valence-electron chi connectivity index (χ3n) is 2.60. The zero-order chi connectivity index (χ0) is 16.9. The van der Waals surface area contributed by atoms with Crippen LogP contribution in [0.25, 0.3) is 0 Å². The maximum Gasteiger partial charge on any atom is 0.270 e. The Bertz CT molecular complexity index is 789. The maximum absolute atomic E-state index is 12.2. The lowest BCUT2D eigenvalue weighted by Gasteiger charge is -2.07. The second-order valence-corrected chi connectivity index (χ2v) is 7.38. The fraction of sp³-hybridized carbons (Fsp3) is 0.308. The van der Waals surface area contributed by atoms with Gasteiger partial charge in [-0.25, -0.2) is 13.1 Å². The van der Waals surface area contributed by atoms with Gasteiger partial charge in [-0.1, -0.05) is 23.5 Å². The zero-order valence-electron chi connectivity index (χ0n) is 12.6. The molecule has 0 radical (unpaired) electrons. The van der Waals surface area contributed by atoms with E-state index in [0.717, 1.165) is 16.9 Å². The summed E-state index contributed by atoms with van der Waals surface area (Å²) >= 11 is 0.785. The number of nitrogens with zero attached hydrogens (tertiary/aromatic N) is 2. The van der Waals surface area contributed by atoms with Crippen molar-refractivity contribution in [3.63, 3.8) is 0 Å². The molecule has 0 atom stereocenters. The van der Waals surface area contributed by atoms with Crippen LogP contribution in [0.4, 0.5) is 5.13 Å². The second-order valence-electron chi connectivity index (χ2n) is 4.46. The molecule has 0 aliphatic heterocycles. The summed E-state index contributed by atoms with van der Waals surface area (Å²) < 4.78 is 31.9. The van der Waals surface area contributed by atoms with E-state index in [-0.39, 0.29) is 21.9 Å². The minimum absolute atomic E-state index is 0.0955. The highest BCUT2D eigenvalue weighted by molar-refractivity contribution is 7.91. The molecular weight excluding hydrogens is 340 g/mol. The van der Waals surface area contributed by atoms with Crippen LogP contribution in [0.3, 0.4) is 0 Å². The quantitative estimate of drug-likeness (QED) is 0.725. The van der Waals surface area contributed by atoms with Crippen molar-refractivity contribution >= 4 is 32.4 Å². The highest BCUT2D eigenvalue weighted by Gasteiger charge is 2.20. The number of aromatic nitrogens is 2. The van der Waals surface area contributed by atoms with E-state index in [0.29, 0.717) is 12.4 Å². The number of benzene rings is 1. The van der Waals surface area contributed by atoms with Crippen molar-refractivity contribution in [2.75, 3.05) is 11.9 Å². The first-order chi connectivity index (χ1) is 10.9. The van der Waals surface area contributed by atoms with Crippen molar-refractivity contribution in [3.05, 3.63) is 29.8 Å². The second kappa shape index (κ2) is 7.49. The molecule has 0 aliphatic carbocycles. The first-order valence-corrected chi connectivity index (χ1v) is 9.03. The molecule has 0 fully saturated rings. The number of rotatable bonds is 7. The van der Waals surface area contributed by atoms with Crippen LogP contribution >= 0.6 is 11.3 Å². The van der Waals surface area contributed by atoms with Crippen molar-refractivity contribution in [3.8, 4) is 5.75 Å². The minimum Gasteiger partial charge on any atom is -0.494 e. The van der Waals surface area contributed by atoms with Gasteiger partial charge in [0.1, 0.15) is 5.75 Å². The summed E-state index contributed by atoms with van der Waals surface area (Å²) in [5, 5.41) is 9.72. The number of anilines is 1. The number of nitrogens with one attached hydrogen (secondary N) is 2. The van der Waals surface area contributed by atoms with Crippen LogP contribution in [0.2, 0.25) is 0 Å². The van der Waals surface area contributed by atoms with Gasteiger partial charge in [-0.2, -0.15) is 0 Å². The number of carbonyl (C=O) groups excluding carboxylic acids is 1. The minimum atomic E-state index is -3.80. The van der Waals surface area contributed by atoms with Crippen LogP contribution in [0.15, 0.2) is 28.6 Å². The monoisotopic (exact) mass is 356 g/mol. The Morgan fingerprint density at radius 2 is 2.13 bits per heavy atom. The van der Waals surface area contributed by atoms with Crippen LogP contribution in [-0.4, -0.2) is 31.1 Å². The molecule has 1 heterocycles. The van der Waals surface area contributed by atoms with E-state index in [1.54, 1.807) is 24.3 Å². The largest absolute Gasteiger partial charge is 0.494 e. The fourth-order valence-electron chi connectivity index (χ4n) is 1.67. The predicted octanol–water partition coefficient (Wildman–Crippen LogP) is 1.37. The smallest absolute Gasteiger partial charge is 0.270 e. The van der Waals surface area contributed by atoms with E-state index >= 15 is 0 Å². The molecule has 10 heteroatoms. The zero-order valence-corrected chi connectivity index (χ0v) is 14.2. The molecule has 1 amide bonds. The molecule has 1 aromatic carbocycles. The average Bonchev–Trinajstić information content (AvgIpc) is 2.95. The summed E-state index contributed by atoms with van der Waals surface area (Å²) in [5.74, 6) is 0.332. The molecule has 23 heavy (non-hydrogen) atoms. The van der Waals surface area contributed by atoms with Crippen molar-refractivity contribution in [1.82, 2.24) is 14.9 Å². The van der Waals surface area contributed by atoms with E-state index in [1.807, 2.05) is 6.92 Å². The van der Waals surface area contributed by atoms with Crippen LogP contribution in [-0.2, 0) is 21.4 Å². The molecule has 2 rings (SSSR count). The third-order valence-corrected chi connectivity index (χ3v) is 5.20. The van der Waals surface area contributed by atoms with Gasteiger partial charge in [0.05, 0.1) is 6.61 Å². The molecule has 2 N–H and O–H groups in total. The van der Waals surface area contributed by atoms with Gasteiger partial charge in [0.2, 0.25) is 15.4 Å². The number of ether oxygens (including phenoxy) is 1. The Kier molecular flexibility index (Phi) is 5.64. The number of sulfonamides is 1. The van der Waals surface area contributed by atoms with Gasteiger partial charge in [0.15, 0.2) is 0 Å². The van der Waals surface area contributed by atoms with E-state index in [2.05, 4.69) is 20.2 Å². The van der Waals surface area contributed by atoms with Gasteiger partial charge >= 0.3 is 0 Å². The van der Waals surface area contributed by atoms with E-state index in [4.69, 9.17) is 4.74 Å². The lowest BCUT2D eigenvalue weighted by atomic mass is 10.2. The normalized spacial score (nSPS) is 11.2. The van der Waals surface area contributed by atoms with Crippen molar-refractivity contribution in [2.24, 2.45) is 0 Å². The van der Waals surface area contributed by atoms with Gasteiger partial charge in [-0.15, -0.1) is 10.2 Å². The standard InChI is InChI=1S/C13H16N4O4S2/c1-3-21-11-6-4-5-10(7-11)8-14-23(19,20)13-17-16-12(22-13)15-9(2)18/h4-7,14H,3,8H2,1-2H3,(H,15,16,18). The topological polar surface area (TPSA) is 110 Å². The highest BCUT2D eigenvalue weighted by Crippen LogP contribution is 2.20. The average molecular weight is 356 g/mol. The molecule has 2 aromatic rings. The summed E-state index contributed by atoms with van der Waals surface area (Å²) in [5.41, 5.74) is 0.756. The maximum atomic E-state index is 12.2. The first-order valence-electron chi connectivity index (χ1n) is 6.73. The fourth-order valence-corrected chi connectivity index (χ4v) is 3.68. The molecule has 124 valence electrons. The van der Waals surface area contributed by atoms with Crippen LogP contribution in [0.5, 0.6) is 5.75 Å². The molecule has 0 unspecified atom stereocenters. The third kappa shape index (κ3) is 4.98. The molecule has 0 saturated heterocycles. The molecule has 1 aromatic heterocycles. The van der Waals surface area contributed by atoms with Crippen molar-refractivity contribution in [2.45, 2.75) is 24.7 Å². The molecule has 0 spiro atoms. The number of hydrogen-bond donors (Lipinski definition) is 2. The van der Waals surface area contributed by atoms with Crippen LogP contribution in [0, 0.1) is 0 Å². The summed E-state index contributed by atoms with van der Waals surface area (Å²) in [6.07, 6.45) is 0. The number of carbonyl (C=O) groups is 1. The Hall–Kier alpha value is -2.04. The molecule has 0 saturated carbocycles. The van der Waals surface area contributed by atoms with Gasteiger partial charge in [0, 0.05) is 13.5 Å². The van der Waals surface area contributed by atoms with Crippen molar-refractivity contribution < 1.29 is 17.9 Å². The van der Waals surface area contributed by atoms with Crippen LogP contribution in [0.1, 0.15) is 19.4 Å². The lowest BCUT2D eigenvalue weighted by Crippen LogP contribution is -2.23. The Morgan fingerprint density at radius 1 is 1.35 bits per heavy atom. The molecular formula is C13H16N4O4S2. The number of amides is 1. The first kappa shape index (κ1) is 17.3. The van der Waals surface area contributed by atoms with Gasteiger partial charge in [0.25, 0.3) is 10.0 Å². The van der Waals surface area contributed by atoms with Gasteiger partial charge < -0.3 is 10.1 Å². The molecule has 0 aliphatic rings. The Balaban J connectivity index is 2.05. The van der Waals surface area contributed by atoms with E-state index in [9.17, 15) is 13.2 Å². The molecule has 8 nitrogen and oxygen atoms in total. The summed E-state index contributed by atoms with van der Waals surface area (Å²) in [7, 11) is -3.80. The summed E-state index contributed by atoms with van der Waals surface area (Å²) in [6, 6.07) is 7.13. The number of hydrogen-bond acceptors (Lipinski definition) is 7. The van der Waals surface area contributed by atoms with Crippen molar-refractivity contribution in [1.29, 1.82) is 0 Å². The summed E-state index contributed by atoms with van der Waals surface area (Å²) in [6.45, 7) is 3.81.